The fraction of sp³-hybridized carbons (Fsp3) is 0.500. The highest BCUT2D eigenvalue weighted by Crippen LogP contribution is 2.47. The van der Waals surface area contributed by atoms with Gasteiger partial charge >= 0.3 is 0 Å². The summed E-state index contributed by atoms with van der Waals surface area (Å²) in [4.78, 5) is 12.4. The minimum atomic E-state index is -0.609. The molecule has 0 aromatic heterocycles. The molecule has 1 saturated heterocycles. The second kappa shape index (κ2) is 8.27. The largest absolute Gasteiger partial charge is 0.493 e. The third kappa shape index (κ3) is 3.49. The molecule has 28 heavy (non-hydrogen) atoms. The van der Waals surface area contributed by atoms with Crippen LogP contribution in [0.1, 0.15) is 25.3 Å². The number of carbonyl (C=O) groups is 1. The fourth-order valence-electron chi connectivity index (χ4n) is 4.19. The quantitative estimate of drug-likeness (QED) is 0.633. The summed E-state index contributed by atoms with van der Waals surface area (Å²) in [7, 11) is 4.79. The number of hydrogen-bond donors (Lipinski definition) is 0. The van der Waals surface area contributed by atoms with E-state index in [1.54, 1.807) is 33.5 Å². The zero-order valence-corrected chi connectivity index (χ0v) is 16.9. The number of carbonyl (C=O) groups excluding carboxylic acids is 1. The van der Waals surface area contributed by atoms with Gasteiger partial charge in [0.15, 0.2) is 24.1 Å². The van der Waals surface area contributed by atoms with Gasteiger partial charge in [-0.15, -0.1) is 6.58 Å². The van der Waals surface area contributed by atoms with Gasteiger partial charge in [0.05, 0.1) is 21.3 Å². The molecular weight excluding hydrogens is 360 g/mol. The van der Waals surface area contributed by atoms with Crippen LogP contribution in [0.5, 0.6) is 17.2 Å². The molecule has 6 nitrogen and oxygen atoms in total. The van der Waals surface area contributed by atoms with Crippen LogP contribution in [-0.2, 0) is 20.7 Å². The molecule has 0 radical (unpaired) electrons. The predicted octanol–water partition coefficient (Wildman–Crippen LogP) is 3.68. The normalized spacial score (nSPS) is 24.6. The van der Waals surface area contributed by atoms with Crippen molar-refractivity contribution >= 4 is 5.78 Å². The maximum absolute atomic E-state index is 12.4. The number of allylic oxidation sites excluding steroid dienone is 2. The van der Waals surface area contributed by atoms with Gasteiger partial charge in [-0.3, -0.25) is 4.79 Å². The van der Waals surface area contributed by atoms with E-state index in [4.69, 9.17) is 23.7 Å². The third-order valence-corrected chi connectivity index (χ3v) is 5.69. The Hall–Kier alpha value is -2.47. The molecule has 0 N–H and O–H groups in total. The van der Waals surface area contributed by atoms with Gasteiger partial charge in [0, 0.05) is 12.0 Å². The molecule has 0 unspecified atom stereocenters. The average Bonchev–Trinajstić information content (AvgIpc) is 3.11. The van der Waals surface area contributed by atoms with Crippen LogP contribution in [0, 0.1) is 11.8 Å². The molecule has 0 spiro atoms. The van der Waals surface area contributed by atoms with Crippen LogP contribution >= 0.6 is 0 Å². The molecular formula is C22H28O6. The molecule has 1 aromatic rings. The highest BCUT2D eigenvalue weighted by atomic mass is 16.7. The maximum Gasteiger partial charge on any atom is 0.203 e. The summed E-state index contributed by atoms with van der Waals surface area (Å²) in [6.07, 6.45) is 5.32. The summed E-state index contributed by atoms with van der Waals surface area (Å²) in [5, 5.41) is 0. The van der Waals surface area contributed by atoms with E-state index in [0.717, 1.165) is 5.56 Å². The molecule has 3 rings (SSSR count). The SMILES string of the molecule is C=CC[C@H]1C[C@]2([C@@H](C)Cc3cc(OC)c(OC)c(OC)c3)OCOC2=CC1=O. The predicted molar refractivity (Wildman–Crippen MR) is 105 cm³/mol. The summed E-state index contributed by atoms with van der Waals surface area (Å²) >= 11 is 0. The smallest absolute Gasteiger partial charge is 0.203 e. The number of hydrogen-bond acceptors (Lipinski definition) is 6. The fourth-order valence-corrected chi connectivity index (χ4v) is 4.19. The van der Waals surface area contributed by atoms with Crippen LogP contribution in [0.25, 0.3) is 0 Å². The summed E-state index contributed by atoms with van der Waals surface area (Å²) in [5.41, 5.74) is 0.422. The van der Waals surface area contributed by atoms with Crippen LogP contribution in [0.15, 0.2) is 36.6 Å². The number of benzene rings is 1. The zero-order chi connectivity index (χ0) is 20.3. The van der Waals surface area contributed by atoms with Crippen molar-refractivity contribution in [3.63, 3.8) is 0 Å². The first-order valence-electron chi connectivity index (χ1n) is 9.41. The number of ether oxygens (including phenoxy) is 5. The van der Waals surface area contributed by atoms with Crippen molar-refractivity contribution in [2.45, 2.75) is 31.8 Å². The summed E-state index contributed by atoms with van der Waals surface area (Å²) in [5.74, 6) is 2.45. The van der Waals surface area contributed by atoms with Crippen LogP contribution in [0.2, 0.25) is 0 Å². The molecule has 1 heterocycles. The second-order valence-corrected chi connectivity index (χ2v) is 7.27. The van der Waals surface area contributed by atoms with Crippen LogP contribution < -0.4 is 14.2 Å². The number of fused-ring (bicyclic) bond motifs is 1. The number of methoxy groups -OCH3 is 3. The summed E-state index contributed by atoms with van der Waals surface area (Å²) < 4.78 is 28.1. The standard InChI is InChI=1S/C22H28O6/c1-6-7-16-12-22(20(11-17(16)23)27-13-28-22)14(2)8-15-9-18(24-3)21(26-5)19(10-15)25-4/h6,9-11,14,16H,1,7-8,12-13H2,2-5H3/t14-,16-,22+/m0/s1. The van der Waals surface area contributed by atoms with E-state index < -0.39 is 5.60 Å². The van der Waals surface area contributed by atoms with Gasteiger partial charge in [-0.1, -0.05) is 13.0 Å². The van der Waals surface area contributed by atoms with Crippen molar-refractivity contribution in [1.82, 2.24) is 0 Å². The van der Waals surface area contributed by atoms with E-state index in [1.807, 2.05) is 12.1 Å². The lowest BCUT2D eigenvalue weighted by molar-refractivity contribution is -0.123. The van der Waals surface area contributed by atoms with Gasteiger partial charge in [0.25, 0.3) is 0 Å². The highest BCUT2D eigenvalue weighted by Gasteiger charge is 2.51. The van der Waals surface area contributed by atoms with Crippen molar-refractivity contribution in [3.8, 4) is 17.2 Å². The lowest BCUT2D eigenvalue weighted by atomic mass is 9.71. The van der Waals surface area contributed by atoms with Gasteiger partial charge in [-0.05, 0) is 42.9 Å². The Labute approximate surface area is 166 Å². The summed E-state index contributed by atoms with van der Waals surface area (Å²) in [6.45, 7) is 6.06. The Bertz CT molecular complexity index is 758. The molecule has 152 valence electrons. The molecule has 3 atom stereocenters. The first-order chi connectivity index (χ1) is 13.5. The number of rotatable bonds is 8. The Morgan fingerprint density at radius 1 is 1.25 bits per heavy atom. The van der Waals surface area contributed by atoms with Crippen LogP contribution in [0.4, 0.5) is 0 Å². The molecule has 2 aliphatic rings. The van der Waals surface area contributed by atoms with Crippen molar-refractivity contribution < 1.29 is 28.5 Å². The first-order valence-corrected chi connectivity index (χ1v) is 9.41. The number of ketones is 1. The molecule has 1 aliphatic heterocycles. The van der Waals surface area contributed by atoms with Crippen LogP contribution in [-0.4, -0.2) is 39.5 Å². The van der Waals surface area contributed by atoms with Crippen molar-refractivity contribution in [3.05, 3.63) is 42.2 Å². The van der Waals surface area contributed by atoms with Crippen molar-refractivity contribution in [2.75, 3.05) is 28.1 Å². The third-order valence-electron chi connectivity index (χ3n) is 5.69. The topological polar surface area (TPSA) is 63.2 Å². The van der Waals surface area contributed by atoms with Crippen molar-refractivity contribution in [2.24, 2.45) is 11.8 Å². The molecule has 0 saturated carbocycles. The molecule has 1 aromatic carbocycles. The molecule has 1 fully saturated rings. The van der Waals surface area contributed by atoms with Gasteiger partial charge in [-0.2, -0.15) is 0 Å². The van der Waals surface area contributed by atoms with E-state index in [-0.39, 0.29) is 24.4 Å². The van der Waals surface area contributed by atoms with Gasteiger partial charge in [0.2, 0.25) is 5.75 Å². The lowest BCUT2D eigenvalue weighted by Crippen LogP contribution is -2.44. The Balaban J connectivity index is 1.91. The summed E-state index contributed by atoms with van der Waals surface area (Å²) in [6, 6.07) is 3.89. The molecule has 1 aliphatic carbocycles. The Kier molecular flexibility index (Phi) is 5.98. The van der Waals surface area contributed by atoms with Gasteiger partial charge in [-0.25, -0.2) is 0 Å². The highest BCUT2D eigenvalue weighted by molar-refractivity contribution is 5.93. The van der Waals surface area contributed by atoms with E-state index >= 15 is 0 Å². The van der Waals surface area contributed by atoms with E-state index in [9.17, 15) is 4.79 Å². The maximum atomic E-state index is 12.4. The second-order valence-electron chi connectivity index (χ2n) is 7.27. The Morgan fingerprint density at radius 2 is 1.93 bits per heavy atom. The molecule has 0 bridgehead atoms. The van der Waals surface area contributed by atoms with Crippen LogP contribution in [0.3, 0.4) is 0 Å². The van der Waals surface area contributed by atoms with E-state index in [2.05, 4.69) is 13.5 Å². The minimum absolute atomic E-state index is 0.0736. The van der Waals surface area contributed by atoms with Gasteiger partial charge < -0.3 is 23.7 Å². The van der Waals surface area contributed by atoms with Gasteiger partial charge in [0.1, 0.15) is 11.4 Å². The average molecular weight is 388 g/mol. The minimum Gasteiger partial charge on any atom is -0.493 e. The monoisotopic (exact) mass is 388 g/mol. The van der Waals surface area contributed by atoms with E-state index in [0.29, 0.717) is 42.3 Å². The van der Waals surface area contributed by atoms with Crippen molar-refractivity contribution in [1.29, 1.82) is 0 Å². The zero-order valence-electron chi connectivity index (χ0n) is 16.9. The lowest BCUT2D eigenvalue weighted by Gasteiger charge is -2.38. The van der Waals surface area contributed by atoms with E-state index in [1.165, 1.54) is 0 Å². The molecule has 0 amide bonds. The Morgan fingerprint density at radius 3 is 2.50 bits per heavy atom. The molecule has 6 heteroatoms. The first kappa shape index (κ1) is 20.3.